The molecule has 0 spiro atoms. The van der Waals surface area contributed by atoms with Gasteiger partial charge in [0.2, 0.25) is 5.91 Å². The van der Waals surface area contributed by atoms with Gasteiger partial charge < -0.3 is 14.8 Å². The van der Waals surface area contributed by atoms with E-state index in [-0.39, 0.29) is 24.0 Å². The number of hydrogen-bond donors (Lipinski definition) is 1. The van der Waals surface area contributed by atoms with Crippen LogP contribution in [0.4, 0.5) is 0 Å². The van der Waals surface area contributed by atoms with Gasteiger partial charge in [0, 0.05) is 17.7 Å². The first-order valence-electron chi connectivity index (χ1n) is 14.1. The van der Waals surface area contributed by atoms with E-state index in [4.69, 9.17) is 9.47 Å². The van der Waals surface area contributed by atoms with Crippen molar-refractivity contribution in [1.82, 2.24) is 5.32 Å². The molecule has 5 heteroatoms. The molecule has 0 bridgehead atoms. The molecule has 0 aliphatic heterocycles. The molecule has 0 radical (unpaired) electrons. The Bertz CT molecular complexity index is 806. The maximum Gasteiger partial charge on any atom is 0.331 e. The molecule has 0 heterocycles. The second-order valence-corrected chi connectivity index (χ2v) is 10.1. The second kappa shape index (κ2) is 17.8. The zero-order valence-electron chi connectivity index (χ0n) is 22.6. The lowest BCUT2D eigenvalue weighted by Gasteiger charge is -2.28. The molecular formula is C31H47NO4. The maximum atomic E-state index is 12.2. The minimum Gasteiger partial charge on any atom is -0.494 e. The predicted molar refractivity (Wildman–Crippen MR) is 148 cm³/mol. The SMILES string of the molecule is C=C(C)C(=O)NC1CCC(OC(=O)/C=C/c2ccc(OCCCCCCCCCCCC)cc2)CC1. The number of hydrogen-bond acceptors (Lipinski definition) is 4. The molecule has 5 nitrogen and oxygen atoms in total. The van der Waals surface area contributed by atoms with Crippen LogP contribution >= 0.6 is 0 Å². The molecule has 0 aromatic heterocycles. The number of rotatable bonds is 17. The average Bonchev–Trinajstić information content (AvgIpc) is 2.88. The number of unbranched alkanes of at least 4 members (excludes halogenated alkanes) is 9. The van der Waals surface area contributed by atoms with E-state index in [1.54, 1.807) is 13.0 Å². The fourth-order valence-electron chi connectivity index (χ4n) is 4.46. The summed E-state index contributed by atoms with van der Waals surface area (Å²) in [6.07, 6.45) is 19.5. The molecule has 200 valence electrons. The topological polar surface area (TPSA) is 64.6 Å². The minimum atomic E-state index is -0.328. The lowest BCUT2D eigenvalue weighted by molar-refractivity contribution is -0.144. The van der Waals surface area contributed by atoms with Crippen LogP contribution in [0.1, 0.15) is 109 Å². The van der Waals surface area contributed by atoms with Crippen LogP contribution in [-0.2, 0) is 14.3 Å². The summed E-state index contributed by atoms with van der Waals surface area (Å²) in [5.74, 6) is 0.431. The van der Waals surface area contributed by atoms with Gasteiger partial charge in [-0.2, -0.15) is 0 Å². The molecule has 1 aliphatic carbocycles. The van der Waals surface area contributed by atoms with E-state index in [1.165, 1.54) is 63.9 Å². The normalized spacial score (nSPS) is 17.6. The molecule has 2 rings (SSSR count). The molecule has 1 fully saturated rings. The van der Waals surface area contributed by atoms with Crippen molar-refractivity contribution >= 4 is 18.0 Å². The number of esters is 1. The van der Waals surface area contributed by atoms with Gasteiger partial charge in [-0.05, 0) is 62.8 Å². The van der Waals surface area contributed by atoms with Crippen LogP contribution in [0.25, 0.3) is 6.08 Å². The summed E-state index contributed by atoms with van der Waals surface area (Å²) < 4.78 is 11.4. The van der Waals surface area contributed by atoms with Crippen LogP contribution in [0.2, 0.25) is 0 Å². The van der Waals surface area contributed by atoms with Crippen LogP contribution in [0, 0.1) is 0 Å². The second-order valence-electron chi connectivity index (χ2n) is 10.1. The van der Waals surface area contributed by atoms with Gasteiger partial charge in [0.25, 0.3) is 0 Å². The van der Waals surface area contributed by atoms with Gasteiger partial charge in [0.1, 0.15) is 11.9 Å². The first kappa shape index (κ1) is 29.7. The Hall–Kier alpha value is -2.56. The molecule has 1 aromatic carbocycles. The van der Waals surface area contributed by atoms with E-state index >= 15 is 0 Å². The van der Waals surface area contributed by atoms with Crippen molar-refractivity contribution in [3.63, 3.8) is 0 Å². The van der Waals surface area contributed by atoms with E-state index in [0.717, 1.165) is 50.0 Å². The number of carbonyl (C=O) groups excluding carboxylic acids is 2. The third-order valence-electron chi connectivity index (χ3n) is 6.74. The highest BCUT2D eigenvalue weighted by atomic mass is 16.5. The molecule has 1 saturated carbocycles. The lowest BCUT2D eigenvalue weighted by Crippen LogP contribution is -2.39. The van der Waals surface area contributed by atoms with E-state index in [0.29, 0.717) is 5.57 Å². The van der Waals surface area contributed by atoms with Gasteiger partial charge >= 0.3 is 5.97 Å². The highest BCUT2D eigenvalue weighted by molar-refractivity contribution is 5.92. The molecular weight excluding hydrogens is 450 g/mol. The molecule has 1 aromatic rings. The van der Waals surface area contributed by atoms with Gasteiger partial charge in [-0.3, -0.25) is 4.79 Å². The average molecular weight is 498 g/mol. The fourth-order valence-corrected chi connectivity index (χ4v) is 4.46. The third kappa shape index (κ3) is 12.9. The highest BCUT2D eigenvalue weighted by Crippen LogP contribution is 2.22. The van der Waals surface area contributed by atoms with Crippen molar-refractivity contribution < 1.29 is 19.1 Å². The van der Waals surface area contributed by atoms with Crippen molar-refractivity contribution in [3.8, 4) is 5.75 Å². The van der Waals surface area contributed by atoms with Crippen molar-refractivity contribution in [2.45, 2.75) is 116 Å². The van der Waals surface area contributed by atoms with Crippen LogP contribution in [0.5, 0.6) is 5.75 Å². The van der Waals surface area contributed by atoms with E-state index in [1.807, 2.05) is 24.3 Å². The Kier molecular flexibility index (Phi) is 14.7. The fraction of sp³-hybridized carbons (Fsp3) is 0.613. The highest BCUT2D eigenvalue weighted by Gasteiger charge is 2.24. The Morgan fingerprint density at radius 2 is 1.50 bits per heavy atom. The number of amides is 1. The molecule has 1 amide bonds. The maximum absolute atomic E-state index is 12.2. The summed E-state index contributed by atoms with van der Waals surface area (Å²) >= 11 is 0. The standard InChI is InChI=1S/C31H47NO4/c1-4-5-6-7-8-9-10-11-12-13-24-35-28-19-14-26(15-20-28)16-23-30(33)36-29-21-17-27(18-22-29)32-31(34)25(2)3/h14-16,19-20,23,27,29H,2,4-13,17-18,21-22,24H2,1,3H3,(H,32,34)/b23-16+. The van der Waals surface area contributed by atoms with Gasteiger partial charge in [0.15, 0.2) is 0 Å². The first-order valence-corrected chi connectivity index (χ1v) is 14.1. The van der Waals surface area contributed by atoms with Crippen molar-refractivity contribution in [3.05, 3.63) is 48.1 Å². The summed E-state index contributed by atoms with van der Waals surface area (Å²) in [4.78, 5) is 24.0. The van der Waals surface area contributed by atoms with E-state index in [9.17, 15) is 9.59 Å². The van der Waals surface area contributed by atoms with Crippen LogP contribution in [-0.4, -0.2) is 30.6 Å². The molecule has 0 unspecified atom stereocenters. The summed E-state index contributed by atoms with van der Waals surface area (Å²) in [5, 5.41) is 2.97. The van der Waals surface area contributed by atoms with Crippen LogP contribution < -0.4 is 10.1 Å². The number of benzene rings is 1. The largest absolute Gasteiger partial charge is 0.494 e. The Labute approximate surface area is 218 Å². The molecule has 36 heavy (non-hydrogen) atoms. The van der Waals surface area contributed by atoms with Crippen molar-refractivity contribution in [2.24, 2.45) is 0 Å². The Balaban J connectivity index is 1.55. The summed E-state index contributed by atoms with van der Waals surface area (Å²) in [7, 11) is 0. The number of carbonyl (C=O) groups is 2. The quantitative estimate of drug-likeness (QED) is 0.137. The minimum absolute atomic E-state index is 0.0956. The summed E-state index contributed by atoms with van der Waals surface area (Å²) in [5.41, 5.74) is 1.45. The van der Waals surface area contributed by atoms with Gasteiger partial charge in [-0.25, -0.2) is 4.79 Å². The van der Waals surface area contributed by atoms with Crippen molar-refractivity contribution in [2.75, 3.05) is 6.61 Å². The Morgan fingerprint density at radius 3 is 2.08 bits per heavy atom. The van der Waals surface area contributed by atoms with Crippen molar-refractivity contribution in [1.29, 1.82) is 0 Å². The molecule has 0 atom stereocenters. The predicted octanol–water partition coefficient (Wildman–Crippen LogP) is 7.55. The monoisotopic (exact) mass is 497 g/mol. The van der Waals surface area contributed by atoms with Crippen LogP contribution in [0.15, 0.2) is 42.5 Å². The van der Waals surface area contributed by atoms with Gasteiger partial charge in [-0.15, -0.1) is 0 Å². The smallest absolute Gasteiger partial charge is 0.331 e. The third-order valence-corrected chi connectivity index (χ3v) is 6.74. The van der Waals surface area contributed by atoms with E-state index in [2.05, 4.69) is 18.8 Å². The summed E-state index contributed by atoms with van der Waals surface area (Å²) in [6.45, 7) is 8.38. The summed E-state index contributed by atoms with van der Waals surface area (Å²) in [6, 6.07) is 7.93. The number of ether oxygens (including phenoxy) is 2. The molecule has 1 N–H and O–H groups in total. The zero-order chi connectivity index (χ0) is 26.0. The number of nitrogens with one attached hydrogen (secondary N) is 1. The van der Waals surface area contributed by atoms with E-state index < -0.39 is 0 Å². The molecule has 1 aliphatic rings. The molecule has 0 saturated heterocycles. The lowest BCUT2D eigenvalue weighted by atomic mass is 9.92. The Morgan fingerprint density at radius 1 is 0.917 bits per heavy atom. The zero-order valence-corrected chi connectivity index (χ0v) is 22.6. The van der Waals surface area contributed by atoms with Gasteiger partial charge in [0.05, 0.1) is 6.61 Å². The van der Waals surface area contributed by atoms with Crippen LogP contribution in [0.3, 0.4) is 0 Å². The first-order chi connectivity index (χ1) is 17.5. The van der Waals surface area contributed by atoms with Gasteiger partial charge in [-0.1, -0.05) is 83.4 Å².